The molecular formula is C33H55N9O. The van der Waals surface area contributed by atoms with Crippen molar-refractivity contribution in [3.8, 4) is 0 Å². The second-order valence-electron chi connectivity index (χ2n) is 13.7. The minimum Gasteiger partial charge on any atom is -0.379 e. The van der Waals surface area contributed by atoms with E-state index in [0.717, 1.165) is 88.0 Å². The van der Waals surface area contributed by atoms with Crippen LogP contribution in [0.1, 0.15) is 96.0 Å². The smallest absolute Gasteiger partial charge is 0.252 e. The van der Waals surface area contributed by atoms with Crippen LogP contribution in [0, 0.1) is 11.8 Å². The van der Waals surface area contributed by atoms with Gasteiger partial charge in [-0.25, -0.2) is 9.50 Å². The zero-order valence-corrected chi connectivity index (χ0v) is 27.5. The number of nitrogens with zero attached hydrogens (tertiary/aromatic N) is 7. The van der Waals surface area contributed by atoms with Crippen LogP contribution >= 0.6 is 0 Å². The Bertz CT molecular complexity index is 1270. The molecule has 0 aromatic carbocycles. The van der Waals surface area contributed by atoms with Crippen molar-refractivity contribution in [1.29, 1.82) is 0 Å². The number of fused-ring (bicyclic) bond motifs is 1. The van der Waals surface area contributed by atoms with Gasteiger partial charge >= 0.3 is 0 Å². The van der Waals surface area contributed by atoms with Crippen molar-refractivity contribution in [3.05, 3.63) is 29.4 Å². The van der Waals surface area contributed by atoms with Crippen molar-refractivity contribution in [1.82, 2.24) is 40.0 Å². The van der Waals surface area contributed by atoms with Gasteiger partial charge in [0.15, 0.2) is 5.82 Å². The predicted molar refractivity (Wildman–Crippen MR) is 173 cm³/mol. The third kappa shape index (κ3) is 7.69. The third-order valence-electron chi connectivity index (χ3n) is 9.89. The van der Waals surface area contributed by atoms with Crippen molar-refractivity contribution in [3.63, 3.8) is 0 Å². The molecule has 3 fully saturated rings. The first-order valence-electron chi connectivity index (χ1n) is 16.8. The highest BCUT2D eigenvalue weighted by Crippen LogP contribution is 2.44. The number of amides is 1. The highest BCUT2D eigenvalue weighted by atomic mass is 16.1. The second kappa shape index (κ2) is 13.9. The lowest BCUT2D eigenvalue weighted by molar-refractivity contribution is -0.126. The molecule has 2 aliphatic heterocycles. The van der Waals surface area contributed by atoms with Gasteiger partial charge in [-0.3, -0.25) is 9.69 Å². The Morgan fingerprint density at radius 3 is 2.74 bits per heavy atom. The number of allylic oxidation sites excluding steroid dienone is 1. The number of rotatable bonds is 14. The molecule has 0 bridgehead atoms. The van der Waals surface area contributed by atoms with Crippen LogP contribution in [-0.2, 0) is 11.2 Å². The predicted octanol–water partition coefficient (Wildman–Crippen LogP) is 4.18. The first-order chi connectivity index (χ1) is 20.7. The Hall–Kier alpha value is -2.72. The average Bonchev–Trinajstić information content (AvgIpc) is 3.63. The highest BCUT2D eigenvalue weighted by Gasteiger charge is 2.50. The van der Waals surface area contributed by atoms with E-state index in [1.54, 1.807) is 0 Å². The Balaban J connectivity index is 1.48. The number of carbonyl (C=O) groups is 1. The van der Waals surface area contributed by atoms with Crippen molar-refractivity contribution in [2.24, 2.45) is 11.8 Å². The maximum absolute atomic E-state index is 12.8. The molecule has 2 N–H and O–H groups in total. The zero-order chi connectivity index (χ0) is 30.6. The summed E-state index contributed by atoms with van der Waals surface area (Å²) >= 11 is 0. The van der Waals surface area contributed by atoms with Crippen molar-refractivity contribution < 1.29 is 4.79 Å². The molecule has 2 aromatic rings. The minimum absolute atomic E-state index is 0.0627. The first-order valence-corrected chi connectivity index (χ1v) is 16.8. The van der Waals surface area contributed by atoms with Crippen LogP contribution in [0.2, 0.25) is 0 Å². The van der Waals surface area contributed by atoms with Gasteiger partial charge in [0.25, 0.3) is 5.78 Å². The molecule has 43 heavy (non-hydrogen) atoms. The quantitative estimate of drug-likeness (QED) is 0.337. The summed E-state index contributed by atoms with van der Waals surface area (Å²) in [4.78, 5) is 30.3. The summed E-state index contributed by atoms with van der Waals surface area (Å²) < 4.78 is 1.87. The van der Waals surface area contributed by atoms with E-state index in [0.29, 0.717) is 12.2 Å². The van der Waals surface area contributed by atoms with Crippen molar-refractivity contribution in [2.75, 3.05) is 58.8 Å². The molecule has 1 saturated carbocycles. The molecule has 1 aliphatic carbocycles. The van der Waals surface area contributed by atoms with Crippen molar-refractivity contribution in [2.45, 2.75) is 96.6 Å². The van der Waals surface area contributed by atoms with E-state index in [-0.39, 0.29) is 23.4 Å². The van der Waals surface area contributed by atoms with Crippen LogP contribution in [-0.4, -0.2) is 94.7 Å². The molecule has 10 nitrogen and oxygen atoms in total. The van der Waals surface area contributed by atoms with Crippen molar-refractivity contribution >= 4 is 17.5 Å². The fourth-order valence-corrected chi connectivity index (χ4v) is 6.76. The zero-order valence-electron chi connectivity index (χ0n) is 27.5. The van der Waals surface area contributed by atoms with Crippen LogP contribution in [0.4, 0.5) is 5.82 Å². The SMILES string of the molecule is CC/C=C(/CN(C)C)NC(CCCC(C)CC)c1cn2nc(CC3CCCNC3=O)c(N3CCN(C)C4(CC4)C3)nc2n1. The Morgan fingerprint density at radius 1 is 1.23 bits per heavy atom. The molecular weight excluding hydrogens is 538 g/mol. The summed E-state index contributed by atoms with van der Waals surface area (Å²) in [5.41, 5.74) is 3.39. The molecule has 1 amide bonds. The standard InChI is InChI=1S/C33H55N9O/c1-7-11-26(21-39(4)5)35-27(14-9-12-24(3)8-2)29-22-42-32(36-29)37-30(41-19-18-40(6)33(23-41)15-16-33)28(38-42)20-25-13-10-17-34-31(25)43/h11,22,24-25,27,35H,7-10,12-21,23H2,1-6H3,(H,34,43)/b26-11-. The summed E-state index contributed by atoms with van der Waals surface area (Å²) in [6.07, 6.45) is 14.9. The molecule has 3 aliphatic rings. The Morgan fingerprint density at radius 2 is 2.05 bits per heavy atom. The number of carbonyl (C=O) groups excluding carboxylic acids is 1. The van der Waals surface area contributed by atoms with E-state index in [4.69, 9.17) is 15.1 Å². The number of nitrogens with one attached hydrogen (secondary N) is 2. The summed E-state index contributed by atoms with van der Waals surface area (Å²) in [5.74, 6) is 2.37. The highest BCUT2D eigenvalue weighted by molar-refractivity contribution is 5.79. The van der Waals surface area contributed by atoms with Gasteiger partial charge in [-0.15, -0.1) is 0 Å². The molecule has 1 spiro atoms. The van der Waals surface area contributed by atoms with E-state index >= 15 is 0 Å². The molecule has 3 unspecified atom stereocenters. The van der Waals surface area contributed by atoms with E-state index in [1.165, 1.54) is 31.4 Å². The number of piperidine rings is 1. The maximum Gasteiger partial charge on any atom is 0.252 e. The number of anilines is 1. The van der Waals surface area contributed by atoms with E-state index in [2.05, 4.69) is 79.5 Å². The van der Waals surface area contributed by atoms with E-state index < -0.39 is 0 Å². The fourth-order valence-electron chi connectivity index (χ4n) is 6.76. The third-order valence-corrected chi connectivity index (χ3v) is 9.89. The van der Waals surface area contributed by atoms with Crippen LogP contribution in [0.25, 0.3) is 5.78 Å². The number of imidazole rings is 1. The summed E-state index contributed by atoms with van der Waals surface area (Å²) in [7, 11) is 6.47. The van der Waals surface area contributed by atoms with Gasteiger partial charge in [-0.2, -0.15) is 10.1 Å². The lowest BCUT2D eigenvalue weighted by Gasteiger charge is -2.41. The minimum atomic E-state index is -0.0627. The van der Waals surface area contributed by atoms with Gasteiger partial charge in [-0.05, 0) is 65.6 Å². The fraction of sp³-hybridized carbons (Fsp3) is 0.758. The average molecular weight is 594 g/mol. The van der Waals surface area contributed by atoms with E-state index in [1.807, 2.05) is 4.52 Å². The molecule has 0 radical (unpaired) electrons. The van der Waals surface area contributed by atoms with Gasteiger partial charge < -0.3 is 20.4 Å². The number of hydrogen-bond acceptors (Lipinski definition) is 8. The lowest BCUT2D eigenvalue weighted by Crippen LogP contribution is -2.54. The van der Waals surface area contributed by atoms with Crippen LogP contribution in [0.5, 0.6) is 0 Å². The lowest BCUT2D eigenvalue weighted by atomic mass is 9.93. The van der Waals surface area contributed by atoms with Gasteiger partial charge in [-0.1, -0.05) is 46.1 Å². The van der Waals surface area contributed by atoms with Gasteiger partial charge in [0, 0.05) is 56.3 Å². The topological polar surface area (TPSA) is 93.9 Å². The van der Waals surface area contributed by atoms with Crippen LogP contribution < -0.4 is 15.5 Å². The first kappa shape index (κ1) is 31.7. The van der Waals surface area contributed by atoms with Gasteiger partial charge in [0.2, 0.25) is 5.91 Å². The maximum atomic E-state index is 12.8. The van der Waals surface area contributed by atoms with Crippen LogP contribution in [0.15, 0.2) is 18.0 Å². The number of aromatic nitrogens is 4. The molecule has 2 saturated heterocycles. The molecule has 2 aromatic heterocycles. The summed E-state index contributed by atoms with van der Waals surface area (Å²) in [6.45, 7) is 11.3. The second-order valence-corrected chi connectivity index (χ2v) is 13.7. The number of likely N-dealkylation sites (N-methyl/N-ethyl adjacent to an activating group) is 2. The number of piperazine rings is 1. The van der Waals surface area contributed by atoms with E-state index in [9.17, 15) is 4.79 Å². The molecule has 238 valence electrons. The van der Waals surface area contributed by atoms with Gasteiger partial charge in [0.1, 0.15) is 5.69 Å². The van der Waals surface area contributed by atoms with Gasteiger partial charge in [0.05, 0.1) is 17.9 Å². The Labute approximate surface area is 258 Å². The molecule has 3 atom stereocenters. The normalized spacial score (nSPS) is 22.3. The molecule has 10 heteroatoms. The summed E-state index contributed by atoms with van der Waals surface area (Å²) in [5, 5.41) is 12.1. The monoisotopic (exact) mass is 593 g/mol. The number of hydrogen-bond donors (Lipinski definition) is 2. The Kier molecular flexibility index (Phi) is 10.3. The largest absolute Gasteiger partial charge is 0.379 e. The molecule has 5 rings (SSSR count). The van der Waals surface area contributed by atoms with Crippen LogP contribution in [0.3, 0.4) is 0 Å². The molecule has 4 heterocycles. The summed E-state index contributed by atoms with van der Waals surface area (Å²) in [6, 6.07) is 0.0831.